The molecule has 0 atom stereocenters. The predicted molar refractivity (Wildman–Crippen MR) is 89.2 cm³/mol. The van der Waals surface area contributed by atoms with E-state index in [1.807, 2.05) is 26.0 Å². The molecule has 138 valence electrons. The lowest BCUT2D eigenvalue weighted by Crippen LogP contribution is -2.16. The van der Waals surface area contributed by atoms with Crippen LogP contribution in [0.2, 0.25) is 0 Å². The first-order valence-corrected chi connectivity index (χ1v) is 8.54. The fourth-order valence-corrected chi connectivity index (χ4v) is 2.95. The second-order valence-electron chi connectivity index (χ2n) is 4.92. The minimum Gasteiger partial charge on any atom is -0.451 e. The van der Waals surface area contributed by atoms with Crippen molar-refractivity contribution >= 4 is 11.8 Å². The molecule has 1 heterocycles. The Kier molecular flexibility index (Phi) is 7.22. The molecule has 1 aliphatic heterocycles. The van der Waals surface area contributed by atoms with Crippen molar-refractivity contribution in [3.05, 3.63) is 46.4 Å². The third-order valence-electron chi connectivity index (χ3n) is 3.00. The molecular formula is C17H19F3O4S. The van der Waals surface area contributed by atoms with Gasteiger partial charge in [-0.05, 0) is 43.7 Å². The average Bonchev–Trinajstić information content (AvgIpc) is 3.07. The Balaban J connectivity index is 2.02. The van der Waals surface area contributed by atoms with E-state index in [0.717, 1.165) is 11.3 Å². The normalized spacial score (nSPS) is 17.0. The molecule has 0 radical (unpaired) electrons. The summed E-state index contributed by atoms with van der Waals surface area (Å²) < 4.78 is 57.1. The molecular weight excluding hydrogens is 357 g/mol. The van der Waals surface area contributed by atoms with Gasteiger partial charge in [-0.1, -0.05) is 24.8 Å². The molecule has 1 fully saturated rings. The van der Waals surface area contributed by atoms with Crippen LogP contribution in [0.3, 0.4) is 0 Å². The van der Waals surface area contributed by atoms with Gasteiger partial charge in [0.05, 0.1) is 13.2 Å². The molecule has 8 heteroatoms. The first-order chi connectivity index (χ1) is 11.9. The zero-order valence-electron chi connectivity index (χ0n) is 13.8. The molecule has 0 saturated carbocycles. The highest BCUT2D eigenvalue weighted by Crippen LogP contribution is 2.34. The average molecular weight is 376 g/mol. The molecule has 0 spiro atoms. The topological polar surface area (TPSA) is 36.9 Å². The van der Waals surface area contributed by atoms with Crippen molar-refractivity contribution in [1.29, 1.82) is 0 Å². The third kappa shape index (κ3) is 6.64. The summed E-state index contributed by atoms with van der Waals surface area (Å²) in [4.78, 5) is 0.856. The van der Waals surface area contributed by atoms with E-state index in [-0.39, 0.29) is 5.75 Å². The maximum absolute atomic E-state index is 12.2. The number of thioether (sulfide) groups is 1. The van der Waals surface area contributed by atoms with E-state index in [1.165, 1.54) is 36.0 Å². The van der Waals surface area contributed by atoms with Crippen molar-refractivity contribution in [2.24, 2.45) is 0 Å². The molecule has 0 aliphatic carbocycles. The maximum Gasteiger partial charge on any atom is 0.573 e. The molecule has 0 aromatic heterocycles. The quantitative estimate of drug-likeness (QED) is 0.610. The minimum atomic E-state index is -4.71. The van der Waals surface area contributed by atoms with Gasteiger partial charge in [0.1, 0.15) is 11.5 Å². The molecule has 1 aromatic carbocycles. The number of alkyl halides is 3. The van der Waals surface area contributed by atoms with E-state index >= 15 is 0 Å². The van der Waals surface area contributed by atoms with Crippen LogP contribution in [0.25, 0.3) is 0 Å². The lowest BCUT2D eigenvalue weighted by Gasteiger charge is -2.16. The van der Waals surface area contributed by atoms with Gasteiger partial charge >= 0.3 is 6.36 Å². The van der Waals surface area contributed by atoms with E-state index in [4.69, 9.17) is 14.2 Å². The second-order valence-corrected chi connectivity index (χ2v) is 6.00. The van der Waals surface area contributed by atoms with Gasteiger partial charge in [-0.25, -0.2) is 0 Å². The molecule has 25 heavy (non-hydrogen) atoms. The third-order valence-corrected chi connectivity index (χ3v) is 4.12. The van der Waals surface area contributed by atoms with E-state index < -0.39 is 12.7 Å². The first-order valence-electron chi connectivity index (χ1n) is 7.72. The van der Waals surface area contributed by atoms with E-state index in [2.05, 4.69) is 4.74 Å². The number of hydrogen-bond donors (Lipinski definition) is 0. The Morgan fingerprint density at radius 2 is 1.80 bits per heavy atom. The summed E-state index contributed by atoms with van der Waals surface area (Å²) in [5.74, 6) is 0.112. The van der Waals surface area contributed by atoms with Crippen molar-refractivity contribution in [2.45, 2.75) is 32.9 Å². The summed E-state index contributed by atoms with van der Waals surface area (Å²) in [6.45, 7) is 4.91. The number of hydrogen-bond acceptors (Lipinski definition) is 5. The molecule has 0 amide bonds. The van der Waals surface area contributed by atoms with Gasteiger partial charge in [-0.3, -0.25) is 0 Å². The van der Waals surface area contributed by atoms with Crippen LogP contribution in [0.15, 0.2) is 46.4 Å². The SMILES string of the molecule is C/C=C(\S/C(=C/CC)Oc1ccc(OC(F)(F)F)cc1)C1OCCO1. The van der Waals surface area contributed by atoms with Gasteiger partial charge in [0, 0.05) is 4.91 Å². The van der Waals surface area contributed by atoms with Crippen LogP contribution < -0.4 is 9.47 Å². The van der Waals surface area contributed by atoms with Crippen LogP contribution in [0.1, 0.15) is 20.3 Å². The first kappa shape index (κ1) is 19.7. The van der Waals surface area contributed by atoms with Gasteiger partial charge in [0.2, 0.25) is 0 Å². The van der Waals surface area contributed by atoms with E-state index in [0.29, 0.717) is 24.1 Å². The fourth-order valence-electron chi connectivity index (χ4n) is 1.98. The predicted octanol–water partition coefficient (Wildman–Crippen LogP) is 5.23. The smallest absolute Gasteiger partial charge is 0.451 e. The fraction of sp³-hybridized carbons (Fsp3) is 0.412. The number of benzene rings is 1. The van der Waals surface area contributed by atoms with Crippen molar-refractivity contribution in [2.75, 3.05) is 13.2 Å². The Bertz CT molecular complexity index is 605. The second kappa shape index (κ2) is 9.17. The van der Waals surface area contributed by atoms with Gasteiger partial charge < -0.3 is 18.9 Å². The number of halogens is 3. The lowest BCUT2D eigenvalue weighted by molar-refractivity contribution is -0.274. The van der Waals surface area contributed by atoms with Gasteiger partial charge in [-0.15, -0.1) is 13.2 Å². The molecule has 0 unspecified atom stereocenters. The molecule has 0 N–H and O–H groups in total. The molecule has 0 bridgehead atoms. The minimum absolute atomic E-state index is 0.296. The van der Waals surface area contributed by atoms with Crippen molar-refractivity contribution in [3.63, 3.8) is 0 Å². The van der Waals surface area contributed by atoms with Gasteiger partial charge in [-0.2, -0.15) is 0 Å². The standard InChI is InChI=1S/C17H19F3O4S/c1-3-5-15(25-14(4-2)16-21-10-11-22-16)23-12-6-8-13(9-7-12)24-17(18,19)20/h4-9,16H,3,10-11H2,1-2H3/b14-4-,15-5+. The van der Waals surface area contributed by atoms with Crippen molar-refractivity contribution in [1.82, 2.24) is 0 Å². The molecule has 1 aliphatic rings. The summed E-state index contributed by atoms with van der Waals surface area (Å²) in [6, 6.07) is 5.25. The van der Waals surface area contributed by atoms with Crippen LogP contribution in [0, 0.1) is 0 Å². The molecule has 1 aromatic rings. The molecule has 2 rings (SSSR count). The maximum atomic E-state index is 12.2. The zero-order valence-corrected chi connectivity index (χ0v) is 14.7. The van der Waals surface area contributed by atoms with Crippen LogP contribution in [0.5, 0.6) is 11.5 Å². The summed E-state index contributed by atoms with van der Waals surface area (Å²) >= 11 is 1.36. The van der Waals surface area contributed by atoms with Crippen LogP contribution in [-0.2, 0) is 9.47 Å². The Hall–Kier alpha value is -1.64. The van der Waals surface area contributed by atoms with Crippen molar-refractivity contribution in [3.8, 4) is 11.5 Å². The monoisotopic (exact) mass is 376 g/mol. The number of allylic oxidation sites excluding steroid dienone is 2. The van der Waals surface area contributed by atoms with Gasteiger partial charge in [0.15, 0.2) is 11.4 Å². The summed E-state index contributed by atoms with van der Waals surface area (Å²) in [7, 11) is 0. The van der Waals surface area contributed by atoms with Crippen LogP contribution >= 0.6 is 11.8 Å². The Labute approximate surface area is 148 Å². The summed E-state index contributed by atoms with van der Waals surface area (Å²) in [6.07, 6.45) is -0.632. The largest absolute Gasteiger partial charge is 0.573 e. The lowest BCUT2D eigenvalue weighted by atomic mass is 10.3. The highest BCUT2D eigenvalue weighted by atomic mass is 32.2. The molecule has 1 saturated heterocycles. The van der Waals surface area contributed by atoms with E-state index in [1.54, 1.807) is 0 Å². The number of rotatable bonds is 7. The van der Waals surface area contributed by atoms with E-state index in [9.17, 15) is 13.2 Å². The Morgan fingerprint density at radius 1 is 1.20 bits per heavy atom. The van der Waals surface area contributed by atoms with Gasteiger partial charge in [0.25, 0.3) is 0 Å². The Morgan fingerprint density at radius 3 is 2.32 bits per heavy atom. The van der Waals surface area contributed by atoms with Crippen molar-refractivity contribution < 1.29 is 32.1 Å². The zero-order chi connectivity index (χ0) is 18.3. The molecule has 4 nitrogen and oxygen atoms in total. The van der Waals surface area contributed by atoms with Crippen LogP contribution in [-0.4, -0.2) is 25.9 Å². The van der Waals surface area contributed by atoms with Crippen LogP contribution in [0.4, 0.5) is 13.2 Å². The summed E-state index contributed by atoms with van der Waals surface area (Å²) in [5.41, 5.74) is 0. The number of ether oxygens (including phenoxy) is 4. The summed E-state index contributed by atoms with van der Waals surface area (Å²) in [5, 5.41) is 0.596. The highest BCUT2D eigenvalue weighted by molar-refractivity contribution is 8.06. The highest BCUT2D eigenvalue weighted by Gasteiger charge is 2.31.